The molecule has 0 aliphatic rings. The molecule has 0 spiro atoms. The molecule has 0 saturated carbocycles. The van der Waals surface area contributed by atoms with Gasteiger partial charge < -0.3 is 5.73 Å². The first kappa shape index (κ1) is 14.3. The molecule has 100 valence electrons. The van der Waals surface area contributed by atoms with Crippen LogP contribution < -0.4 is 5.73 Å². The highest BCUT2D eigenvalue weighted by Crippen LogP contribution is 2.24. The lowest BCUT2D eigenvalue weighted by Crippen LogP contribution is -2.11. The third-order valence-electron chi connectivity index (χ3n) is 3.71. The van der Waals surface area contributed by atoms with E-state index in [-0.39, 0.29) is 6.04 Å². The molecule has 0 aromatic heterocycles. The minimum atomic E-state index is -0.0564. The number of rotatable bonds is 4. The fourth-order valence-electron chi connectivity index (χ4n) is 2.13. The van der Waals surface area contributed by atoms with Gasteiger partial charge in [-0.15, -0.1) is 0 Å². The van der Waals surface area contributed by atoms with Crippen LogP contribution in [0, 0.1) is 0 Å². The minimum Gasteiger partial charge on any atom is -0.320 e. The van der Waals surface area contributed by atoms with E-state index in [4.69, 9.17) is 5.73 Å². The second-order valence-electron chi connectivity index (χ2n) is 5.01. The third-order valence-corrected chi connectivity index (χ3v) is 4.23. The lowest BCUT2D eigenvalue weighted by Gasteiger charge is -2.15. The summed E-state index contributed by atoms with van der Waals surface area (Å²) in [5.41, 5.74) is 9.99. The summed E-state index contributed by atoms with van der Waals surface area (Å²) in [6.07, 6.45) is 1.16. The van der Waals surface area contributed by atoms with Crippen molar-refractivity contribution in [3.05, 3.63) is 69.7 Å². The standard InChI is InChI=1S/C17H20BrN/c1-3-12(2)13-4-6-14(7-5-13)17(19)15-8-10-16(18)11-9-15/h4-12,17H,3,19H2,1-2H3. The highest BCUT2D eigenvalue weighted by atomic mass is 79.9. The second-order valence-corrected chi connectivity index (χ2v) is 5.92. The van der Waals surface area contributed by atoms with Crippen LogP contribution in [0.3, 0.4) is 0 Å². The molecule has 19 heavy (non-hydrogen) atoms. The Bertz CT molecular complexity index is 516. The fraction of sp³-hybridized carbons (Fsp3) is 0.294. The van der Waals surface area contributed by atoms with E-state index in [1.54, 1.807) is 0 Å². The van der Waals surface area contributed by atoms with Gasteiger partial charge in [0.05, 0.1) is 6.04 Å². The molecule has 0 amide bonds. The van der Waals surface area contributed by atoms with Crippen LogP contribution in [0.15, 0.2) is 53.0 Å². The normalized spacial score (nSPS) is 14.1. The van der Waals surface area contributed by atoms with Crippen molar-refractivity contribution in [2.45, 2.75) is 32.2 Å². The van der Waals surface area contributed by atoms with Crippen LogP contribution in [-0.4, -0.2) is 0 Å². The molecule has 2 aromatic carbocycles. The van der Waals surface area contributed by atoms with Crippen molar-refractivity contribution in [3.63, 3.8) is 0 Å². The molecule has 0 radical (unpaired) electrons. The summed E-state index contributed by atoms with van der Waals surface area (Å²) in [6, 6.07) is 16.8. The molecule has 2 atom stereocenters. The number of halogens is 1. The van der Waals surface area contributed by atoms with Crippen molar-refractivity contribution in [3.8, 4) is 0 Å². The maximum Gasteiger partial charge on any atom is 0.0551 e. The Morgan fingerprint density at radius 1 is 0.895 bits per heavy atom. The SMILES string of the molecule is CCC(C)c1ccc(C(N)c2ccc(Br)cc2)cc1. The lowest BCUT2D eigenvalue weighted by molar-refractivity contribution is 0.732. The monoisotopic (exact) mass is 317 g/mol. The Balaban J connectivity index is 2.19. The summed E-state index contributed by atoms with van der Waals surface area (Å²) in [4.78, 5) is 0. The van der Waals surface area contributed by atoms with E-state index in [2.05, 4.69) is 66.2 Å². The van der Waals surface area contributed by atoms with Gasteiger partial charge in [0.15, 0.2) is 0 Å². The summed E-state index contributed by atoms with van der Waals surface area (Å²) in [6.45, 7) is 4.47. The molecule has 2 heteroatoms. The molecule has 2 N–H and O–H groups in total. The van der Waals surface area contributed by atoms with Gasteiger partial charge in [-0.25, -0.2) is 0 Å². The van der Waals surface area contributed by atoms with Crippen molar-refractivity contribution < 1.29 is 0 Å². The largest absolute Gasteiger partial charge is 0.320 e. The van der Waals surface area contributed by atoms with Crippen LogP contribution in [0.25, 0.3) is 0 Å². The zero-order valence-corrected chi connectivity index (χ0v) is 13.0. The number of nitrogens with two attached hydrogens (primary N) is 1. The summed E-state index contributed by atoms with van der Waals surface area (Å²) in [5, 5.41) is 0. The molecule has 0 aliphatic heterocycles. The van der Waals surface area contributed by atoms with E-state index in [9.17, 15) is 0 Å². The van der Waals surface area contributed by atoms with Crippen LogP contribution in [-0.2, 0) is 0 Å². The molecular weight excluding hydrogens is 298 g/mol. The highest BCUT2D eigenvalue weighted by Gasteiger charge is 2.09. The molecular formula is C17H20BrN. The molecule has 0 fully saturated rings. The first-order valence-electron chi connectivity index (χ1n) is 6.72. The Kier molecular flexibility index (Phi) is 4.78. The summed E-state index contributed by atoms with van der Waals surface area (Å²) < 4.78 is 1.08. The highest BCUT2D eigenvalue weighted by molar-refractivity contribution is 9.10. The topological polar surface area (TPSA) is 26.0 Å². The second kappa shape index (κ2) is 6.36. The van der Waals surface area contributed by atoms with Gasteiger partial charge in [0, 0.05) is 4.47 Å². The molecule has 1 nitrogen and oxygen atoms in total. The van der Waals surface area contributed by atoms with E-state index in [1.165, 1.54) is 5.56 Å². The maximum absolute atomic E-state index is 6.31. The van der Waals surface area contributed by atoms with Crippen molar-refractivity contribution in [2.24, 2.45) is 5.73 Å². The van der Waals surface area contributed by atoms with Gasteiger partial charge in [0.25, 0.3) is 0 Å². The number of hydrogen-bond donors (Lipinski definition) is 1. The lowest BCUT2D eigenvalue weighted by atomic mass is 9.94. The van der Waals surface area contributed by atoms with Gasteiger partial charge in [0.1, 0.15) is 0 Å². The van der Waals surface area contributed by atoms with Crippen LogP contribution in [0.4, 0.5) is 0 Å². The first-order chi connectivity index (χ1) is 9.11. The molecule has 0 saturated heterocycles. The molecule has 2 aromatic rings. The van der Waals surface area contributed by atoms with E-state index in [1.807, 2.05) is 12.1 Å². The van der Waals surface area contributed by atoms with Gasteiger partial charge in [-0.2, -0.15) is 0 Å². The molecule has 0 aliphatic carbocycles. The Labute approximate surface area is 124 Å². The Morgan fingerprint density at radius 2 is 1.32 bits per heavy atom. The van der Waals surface area contributed by atoms with E-state index < -0.39 is 0 Å². The molecule has 2 rings (SSSR count). The molecule has 0 heterocycles. The van der Waals surface area contributed by atoms with Crippen molar-refractivity contribution in [2.75, 3.05) is 0 Å². The fourth-order valence-corrected chi connectivity index (χ4v) is 2.39. The van der Waals surface area contributed by atoms with Gasteiger partial charge in [0.2, 0.25) is 0 Å². The number of hydrogen-bond acceptors (Lipinski definition) is 1. The first-order valence-corrected chi connectivity index (χ1v) is 7.52. The Hall–Kier alpha value is -1.12. The van der Waals surface area contributed by atoms with Gasteiger partial charge in [-0.05, 0) is 41.2 Å². The van der Waals surface area contributed by atoms with E-state index in [0.29, 0.717) is 5.92 Å². The van der Waals surface area contributed by atoms with Crippen LogP contribution in [0.2, 0.25) is 0 Å². The predicted octanol–water partition coefficient (Wildman–Crippen LogP) is 5.01. The zero-order chi connectivity index (χ0) is 13.8. The average molecular weight is 318 g/mol. The number of benzene rings is 2. The van der Waals surface area contributed by atoms with Gasteiger partial charge >= 0.3 is 0 Å². The molecule has 2 unspecified atom stereocenters. The maximum atomic E-state index is 6.31. The quantitative estimate of drug-likeness (QED) is 0.842. The Morgan fingerprint density at radius 3 is 1.79 bits per heavy atom. The van der Waals surface area contributed by atoms with E-state index in [0.717, 1.165) is 22.0 Å². The van der Waals surface area contributed by atoms with Crippen LogP contribution >= 0.6 is 15.9 Å². The van der Waals surface area contributed by atoms with Crippen molar-refractivity contribution in [1.29, 1.82) is 0 Å². The summed E-state index contributed by atoms with van der Waals surface area (Å²) >= 11 is 3.44. The predicted molar refractivity (Wildman–Crippen MR) is 85.3 cm³/mol. The average Bonchev–Trinajstić information content (AvgIpc) is 2.46. The van der Waals surface area contributed by atoms with Crippen LogP contribution in [0.5, 0.6) is 0 Å². The van der Waals surface area contributed by atoms with Gasteiger partial charge in [-0.1, -0.05) is 66.2 Å². The summed E-state index contributed by atoms with van der Waals surface area (Å²) in [5.74, 6) is 0.609. The molecule has 0 bridgehead atoms. The van der Waals surface area contributed by atoms with Gasteiger partial charge in [-0.3, -0.25) is 0 Å². The van der Waals surface area contributed by atoms with Crippen molar-refractivity contribution >= 4 is 15.9 Å². The van der Waals surface area contributed by atoms with Crippen molar-refractivity contribution in [1.82, 2.24) is 0 Å². The van der Waals surface area contributed by atoms with E-state index >= 15 is 0 Å². The minimum absolute atomic E-state index is 0.0564. The summed E-state index contributed by atoms with van der Waals surface area (Å²) in [7, 11) is 0. The zero-order valence-electron chi connectivity index (χ0n) is 11.4. The third kappa shape index (κ3) is 3.46. The smallest absolute Gasteiger partial charge is 0.0551 e. The van der Waals surface area contributed by atoms with Crippen LogP contribution in [0.1, 0.15) is 48.9 Å².